The monoisotopic (exact) mass is 549 g/mol. The van der Waals surface area contributed by atoms with E-state index in [9.17, 15) is 28.3 Å². The fourth-order valence-electron chi connectivity index (χ4n) is 5.17. The van der Waals surface area contributed by atoms with Gasteiger partial charge in [0.05, 0.1) is 13.1 Å². The van der Waals surface area contributed by atoms with Crippen LogP contribution in [0, 0.1) is 11.6 Å². The van der Waals surface area contributed by atoms with Crippen molar-refractivity contribution >= 4 is 17.8 Å². The summed E-state index contributed by atoms with van der Waals surface area (Å²) >= 11 is 0. The number of hydrogen-bond acceptors (Lipinski definition) is 5. The summed E-state index contributed by atoms with van der Waals surface area (Å²) in [5.41, 5.74) is 2.14. The van der Waals surface area contributed by atoms with Crippen LogP contribution in [0.2, 0.25) is 0 Å². The summed E-state index contributed by atoms with van der Waals surface area (Å²) in [5.74, 6) is -1.29. The number of hydrogen-bond donors (Lipinski definition) is 2. The highest BCUT2D eigenvalue weighted by Crippen LogP contribution is 2.29. The van der Waals surface area contributed by atoms with Crippen molar-refractivity contribution in [3.8, 4) is 5.75 Å². The number of aromatic hydroxyl groups is 1. The predicted octanol–water partition coefficient (Wildman–Crippen LogP) is 2.85. The van der Waals surface area contributed by atoms with Crippen LogP contribution in [0.15, 0.2) is 72.8 Å². The van der Waals surface area contributed by atoms with Gasteiger partial charge in [-0.15, -0.1) is 0 Å². The lowest BCUT2D eigenvalue weighted by Crippen LogP contribution is -2.76. The summed E-state index contributed by atoms with van der Waals surface area (Å²) in [5, 5.41) is 15.5. The number of rotatable bonds is 6. The minimum absolute atomic E-state index is 0.0440. The van der Waals surface area contributed by atoms with Crippen LogP contribution in [0.1, 0.15) is 16.7 Å². The van der Waals surface area contributed by atoms with Crippen molar-refractivity contribution in [1.29, 1.82) is 0 Å². The van der Waals surface area contributed by atoms with Crippen molar-refractivity contribution in [2.45, 2.75) is 31.7 Å². The van der Waals surface area contributed by atoms with Gasteiger partial charge in [0.15, 0.2) is 0 Å². The first-order valence-electron chi connectivity index (χ1n) is 12.8. The maximum atomic E-state index is 13.8. The third kappa shape index (κ3) is 5.74. The summed E-state index contributed by atoms with van der Waals surface area (Å²) in [6, 6.07) is 16.6. The standard InChI is InChI=1S/C29H29F2N5O4/c1-33-18-27(38)35-25(14-19-6-12-24(37)13-7-19)28(39)34(16-21-4-10-23(31)11-5-21)17-26(35)36(33)29(40)32-15-20-2-8-22(30)9-3-20/h2-13,25-26,37H,14-18H2,1H3,(H,32,40)/t25-,26-/m0/s1. The van der Waals surface area contributed by atoms with E-state index in [1.807, 2.05) is 0 Å². The third-order valence-electron chi connectivity index (χ3n) is 7.16. The van der Waals surface area contributed by atoms with Crippen LogP contribution in [0.4, 0.5) is 13.6 Å². The molecule has 0 radical (unpaired) electrons. The molecule has 0 bridgehead atoms. The molecule has 2 heterocycles. The van der Waals surface area contributed by atoms with E-state index < -0.39 is 24.1 Å². The summed E-state index contributed by atoms with van der Waals surface area (Å²) in [6.45, 7) is 0.234. The molecule has 208 valence electrons. The van der Waals surface area contributed by atoms with Crippen molar-refractivity contribution in [3.63, 3.8) is 0 Å². The van der Waals surface area contributed by atoms with Gasteiger partial charge in [0, 0.05) is 26.6 Å². The van der Waals surface area contributed by atoms with E-state index in [1.54, 1.807) is 48.3 Å². The Balaban J connectivity index is 1.44. The summed E-state index contributed by atoms with van der Waals surface area (Å²) in [4.78, 5) is 43.7. The Morgan fingerprint density at radius 3 is 2.10 bits per heavy atom. The van der Waals surface area contributed by atoms with Gasteiger partial charge in [-0.05, 0) is 53.1 Å². The van der Waals surface area contributed by atoms with Gasteiger partial charge in [-0.2, -0.15) is 0 Å². The zero-order valence-corrected chi connectivity index (χ0v) is 21.8. The minimum atomic E-state index is -0.905. The van der Waals surface area contributed by atoms with Crippen molar-refractivity contribution in [2.75, 3.05) is 20.1 Å². The van der Waals surface area contributed by atoms with Crippen LogP contribution in [-0.2, 0) is 29.1 Å². The smallest absolute Gasteiger partial charge is 0.334 e. The number of nitrogens with one attached hydrogen (secondary N) is 1. The van der Waals surface area contributed by atoms with Crippen molar-refractivity contribution in [2.24, 2.45) is 0 Å². The van der Waals surface area contributed by atoms with Gasteiger partial charge in [0.1, 0.15) is 29.6 Å². The first-order chi connectivity index (χ1) is 19.2. The molecule has 3 aromatic carbocycles. The van der Waals surface area contributed by atoms with Crippen molar-refractivity contribution in [1.82, 2.24) is 25.1 Å². The maximum absolute atomic E-state index is 13.8. The molecule has 2 atom stereocenters. The molecule has 40 heavy (non-hydrogen) atoms. The lowest BCUT2D eigenvalue weighted by atomic mass is 9.98. The van der Waals surface area contributed by atoms with E-state index in [-0.39, 0.29) is 56.0 Å². The highest BCUT2D eigenvalue weighted by molar-refractivity contribution is 5.91. The molecule has 0 aromatic heterocycles. The second-order valence-electron chi connectivity index (χ2n) is 9.96. The molecule has 9 nitrogen and oxygen atoms in total. The fourth-order valence-corrected chi connectivity index (χ4v) is 5.17. The van der Waals surface area contributed by atoms with E-state index in [1.165, 1.54) is 51.3 Å². The van der Waals surface area contributed by atoms with Crippen molar-refractivity contribution < 1.29 is 28.3 Å². The van der Waals surface area contributed by atoms with Crippen LogP contribution in [-0.4, -0.2) is 75.1 Å². The Morgan fingerprint density at radius 1 is 0.900 bits per heavy atom. The number of benzene rings is 3. The molecule has 2 saturated heterocycles. The normalized spacial score (nSPS) is 19.5. The number of carbonyl (C=O) groups excluding carboxylic acids is 3. The number of halogens is 2. The van der Waals surface area contributed by atoms with E-state index in [2.05, 4.69) is 5.32 Å². The van der Waals surface area contributed by atoms with Gasteiger partial charge in [-0.25, -0.2) is 23.6 Å². The summed E-state index contributed by atoms with van der Waals surface area (Å²) in [6.07, 6.45) is -0.629. The second-order valence-corrected chi connectivity index (χ2v) is 9.96. The van der Waals surface area contributed by atoms with Crippen LogP contribution >= 0.6 is 0 Å². The van der Waals surface area contributed by atoms with Crippen LogP contribution in [0.5, 0.6) is 5.75 Å². The lowest BCUT2D eigenvalue weighted by molar-refractivity contribution is -0.187. The van der Waals surface area contributed by atoms with Crippen LogP contribution < -0.4 is 5.32 Å². The number of nitrogens with zero attached hydrogens (tertiary/aromatic N) is 4. The number of fused-ring (bicyclic) bond motifs is 1. The molecular formula is C29H29F2N5O4. The van der Waals surface area contributed by atoms with Crippen molar-refractivity contribution in [3.05, 3.63) is 101 Å². The molecule has 3 aromatic rings. The first-order valence-corrected chi connectivity index (χ1v) is 12.8. The topological polar surface area (TPSA) is 96.4 Å². The Hall–Kier alpha value is -4.51. The Kier molecular flexibility index (Phi) is 7.65. The van der Waals surface area contributed by atoms with Crippen LogP contribution in [0.3, 0.4) is 0 Å². The Bertz CT molecular complexity index is 1390. The number of hydrazine groups is 1. The molecule has 4 amide bonds. The number of carbonyl (C=O) groups is 3. The first kappa shape index (κ1) is 27.1. The number of piperazine rings is 1. The Labute approximate surface area is 230 Å². The highest BCUT2D eigenvalue weighted by Gasteiger charge is 2.50. The van der Waals surface area contributed by atoms with E-state index in [0.29, 0.717) is 11.1 Å². The molecule has 0 spiro atoms. The van der Waals surface area contributed by atoms with E-state index in [4.69, 9.17) is 0 Å². The SMILES string of the molecule is CN1CC(=O)N2[C@@H](Cc3ccc(O)cc3)C(=O)N(Cc3ccc(F)cc3)C[C@@H]2N1C(=O)NCc1ccc(F)cc1. The van der Waals surface area contributed by atoms with Gasteiger partial charge < -0.3 is 20.2 Å². The minimum Gasteiger partial charge on any atom is -0.508 e. The zero-order valence-electron chi connectivity index (χ0n) is 21.8. The van der Waals surface area contributed by atoms with E-state index in [0.717, 1.165) is 5.56 Å². The largest absolute Gasteiger partial charge is 0.508 e. The zero-order chi connectivity index (χ0) is 28.4. The quantitative estimate of drug-likeness (QED) is 0.493. The number of amides is 4. The molecule has 2 N–H and O–H groups in total. The molecule has 0 saturated carbocycles. The predicted molar refractivity (Wildman–Crippen MR) is 141 cm³/mol. The average Bonchev–Trinajstić information content (AvgIpc) is 2.93. The summed E-state index contributed by atoms with van der Waals surface area (Å²) < 4.78 is 26.8. The highest BCUT2D eigenvalue weighted by atomic mass is 19.1. The van der Waals surface area contributed by atoms with Crippen LogP contribution in [0.25, 0.3) is 0 Å². The average molecular weight is 550 g/mol. The summed E-state index contributed by atoms with van der Waals surface area (Å²) in [7, 11) is 1.63. The number of phenols is 1. The lowest BCUT2D eigenvalue weighted by Gasteiger charge is -2.54. The van der Waals surface area contributed by atoms with Gasteiger partial charge in [0.25, 0.3) is 0 Å². The maximum Gasteiger partial charge on any atom is 0.334 e. The van der Waals surface area contributed by atoms with E-state index >= 15 is 0 Å². The van der Waals surface area contributed by atoms with Gasteiger partial charge in [0.2, 0.25) is 11.8 Å². The fraction of sp³-hybridized carbons (Fsp3) is 0.276. The molecular weight excluding hydrogens is 520 g/mol. The molecule has 5 rings (SSSR count). The molecule has 2 fully saturated rings. The van der Waals surface area contributed by atoms with Gasteiger partial charge in [-0.3, -0.25) is 9.59 Å². The number of urea groups is 1. The van der Waals surface area contributed by atoms with Gasteiger partial charge >= 0.3 is 6.03 Å². The molecule has 2 aliphatic heterocycles. The second kappa shape index (κ2) is 11.3. The molecule has 2 aliphatic rings. The molecule has 11 heteroatoms. The van der Waals surface area contributed by atoms with Gasteiger partial charge in [-0.1, -0.05) is 36.4 Å². The number of likely N-dealkylation sites (N-methyl/N-ethyl adjacent to an activating group) is 1. The number of phenolic OH excluding ortho intramolecular Hbond substituents is 1. The molecule has 0 aliphatic carbocycles. The Morgan fingerprint density at radius 2 is 1.48 bits per heavy atom. The third-order valence-corrected chi connectivity index (χ3v) is 7.16. The molecule has 0 unspecified atom stereocenters.